The third-order valence-electron chi connectivity index (χ3n) is 4.90. The first-order valence-corrected chi connectivity index (χ1v) is 7.78. The van der Waals surface area contributed by atoms with Crippen LogP contribution >= 0.6 is 0 Å². The van der Waals surface area contributed by atoms with E-state index in [0.29, 0.717) is 23.8 Å². The van der Waals surface area contributed by atoms with E-state index < -0.39 is 0 Å². The lowest BCUT2D eigenvalue weighted by Crippen LogP contribution is -2.49. The number of hydrogen-bond donors (Lipinski definition) is 1. The van der Waals surface area contributed by atoms with E-state index >= 15 is 0 Å². The molecule has 0 aliphatic heterocycles. The van der Waals surface area contributed by atoms with Crippen LogP contribution in [-0.2, 0) is 4.79 Å². The highest BCUT2D eigenvalue weighted by Gasteiger charge is 2.34. The summed E-state index contributed by atoms with van der Waals surface area (Å²) >= 11 is 0. The van der Waals surface area contributed by atoms with Gasteiger partial charge in [-0.2, -0.15) is 0 Å². The summed E-state index contributed by atoms with van der Waals surface area (Å²) in [6.07, 6.45) is 9.59. The second-order valence-corrected chi connectivity index (χ2v) is 5.95. The molecule has 1 amide bonds. The van der Waals surface area contributed by atoms with Gasteiger partial charge in [0.25, 0.3) is 0 Å². The largest absolute Gasteiger partial charge is 0.339 e. The van der Waals surface area contributed by atoms with Gasteiger partial charge < -0.3 is 10.6 Å². The first-order valence-electron chi connectivity index (χ1n) is 7.78. The average Bonchev–Trinajstić information content (AvgIpc) is 2.94. The van der Waals surface area contributed by atoms with Crippen molar-refractivity contribution in [2.45, 2.75) is 64.3 Å². The fraction of sp³-hybridized carbons (Fsp3) is 0.933. The number of amides is 1. The van der Waals surface area contributed by atoms with E-state index in [-0.39, 0.29) is 0 Å². The molecule has 3 heteroatoms. The van der Waals surface area contributed by atoms with E-state index in [9.17, 15) is 4.79 Å². The van der Waals surface area contributed by atoms with Crippen LogP contribution in [0.2, 0.25) is 0 Å². The first-order chi connectivity index (χ1) is 8.77. The molecule has 0 aromatic rings. The van der Waals surface area contributed by atoms with Crippen LogP contribution in [-0.4, -0.2) is 29.9 Å². The molecule has 2 saturated carbocycles. The molecule has 2 aliphatic rings. The van der Waals surface area contributed by atoms with Crippen LogP contribution in [0.5, 0.6) is 0 Å². The molecular weight excluding hydrogens is 224 g/mol. The summed E-state index contributed by atoms with van der Waals surface area (Å²) in [5, 5.41) is 0. The van der Waals surface area contributed by atoms with Crippen molar-refractivity contribution < 1.29 is 4.79 Å². The number of hydrogen-bond acceptors (Lipinski definition) is 2. The van der Waals surface area contributed by atoms with Crippen molar-refractivity contribution in [2.75, 3.05) is 13.1 Å². The summed E-state index contributed by atoms with van der Waals surface area (Å²) in [6, 6.07) is 0.418. The quantitative estimate of drug-likeness (QED) is 0.835. The van der Waals surface area contributed by atoms with Crippen LogP contribution in [0.15, 0.2) is 0 Å². The molecule has 2 fully saturated rings. The zero-order valence-electron chi connectivity index (χ0n) is 11.7. The van der Waals surface area contributed by atoms with Gasteiger partial charge in [-0.3, -0.25) is 4.79 Å². The molecule has 0 radical (unpaired) electrons. The number of rotatable bonds is 4. The molecule has 18 heavy (non-hydrogen) atoms. The van der Waals surface area contributed by atoms with Crippen molar-refractivity contribution in [1.29, 1.82) is 0 Å². The monoisotopic (exact) mass is 252 g/mol. The molecule has 3 nitrogen and oxygen atoms in total. The molecule has 2 aliphatic carbocycles. The summed E-state index contributed by atoms with van der Waals surface area (Å²) in [5.74, 6) is 1.26. The second-order valence-electron chi connectivity index (χ2n) is 5.95. The van der Waals surface area contributed by atoms with Crippen LogP contribution < -0.4 is 5.73 Å². The SMILES string of the molecule is CCN(C(=O)C1CCCC1)C1CCCCC1CN. The topological polar surface area (TPSA) is 46.3 Å². The minimum Gasteiger partial charge on any atom is -0.339 e. The fourth-order valence-corrected chi connectivity index (χ4v) is 3.83. The van der Waals surface area contributed by atoms with Crippen molar-refractivity contribution in [3.63, 3.8) is 0 Å². The predicted octanol–water partition coefficient (Wildman–Crippen LogP) is 2.54. The summed E-state index contributed by atoms with van der Waals surface area (Å²) < 4.78 is 0. The Morgan fingerprint density at radius 1 is 1.11 bits per heavy atom. The van der Waals surface area contributed by atoms with E-state index in [1.54, 1.807) is 0 Å². The van der Waals surface area contributed by atoms with Crippen LogP contribution in [0.4, 0.5) is 0 Å². The van der Waals surface area contributed by atoms with Crippen molar-refractivity contribution >= 4 is 5.91 Å². The zero-order valence-corrected chi connectivity index (χ0v) is 11.7. The van der Waals surface area contributed by atoms with E-state index in [0.717, 1.165) is 32.4 Å². The summed E-state index contributed by atoms with van der Waals surface area (Å²) in [4.78, 5) is 14.8. The Balaban J connectivity index is 2.03. The third-order valence-corrected chi connectivity index (χ3v) is 4.90. The Morgan fingerprint density at radius 3 is 2.33 bits per heavy atom. The molecule has 2 rings (SSSR count). The van der Waals surface area contributed by atoms with Gasteiger partial charge >= 0.3 is 0 Å². The maximum atomic E-state index is 12.6. The zero-order chi connectivity index (χ0) is 13.0. The number of carbonyl (C=O) groups is 1. The van der Waals surface area contributed by atoms with E-state index in [4.69, 9.17) is 5.73 Å². The van der Waals surface area contributed by atoms with Gasteiger partial charge in [-0.1, -0.05) is 25.7 Å². The van der Waals surface area contributed by atoms with Crippen LogP contribution in [0.1, 0.15) is 58.3 Å². The van der Waals surface area contributed by atoms with Crippen LogP contribution in [0.25, 0.3) is 0 Å². The predicted molar refractivity (Wildman–Crippen MR) is 74.1 cm³/mol. The maximum Gasteiger partial charge on any atom is 0.225 e. The van der Waals surface area contributed by atoms with E-state index in [1.165, 1.54) is 32.1 Å². The normalized spacial score (nSPS) is 29.4. The lowest BCUT2D eigenvalue weighted by atomic mass is 9.83. The highest BCUT2D eigenvalue weighted by Crippen LogP contribution is 2.32. The molecule has 0 heterocycles. The number of carbonyl (C=O) groups excluding carboxylic acids is 1. The molecule has 0 bridgehead atoms. The van der Waals surface area contributed by atoms with Gasteiger partial charge in [0.15, 0.2) is 0 Å². The first kappa shape index (κ1) is 13.9. The minimum atomic E-state index is 0.310. The molecule has 2 unspecified atom stereocenters. The third kappa shape index (κ3) is 2.87. The standard InChI is InChI=1S/C15H28N2O/c1-2-17(15(18)12-7-3-4-8-12)14-10-6-5-9-13(14)11-16/h12-14H,2-11,16H2,1H3. The minimum absolute atomic E-state index is 0.310. The van der Waals surface area contributed by atoms with Gasteiger partial charge in [-0.05, 0) is 45.1 Å². The molecule has 0 aromatic heterocycles. The molecule has 0 saturated heterocycles. The van der Waals surface area contributed by atoms with Gasteiger partial charge in [-0.25, -0.2) is 0 Å². The lowest BCUT2D eigenvalue weighted by molar-refractivity contribution is -0.139. The van der Waals surface area contributed by atoms with Crippen LogP contribution in [0, 0.1) is 11.8 Å². The molecule has 2 N–H and O–H groups in total. The van der Waals surface area contributed by atoms with Crippen molar-refractivity contribution in [3.05, 3.63) is 0 Å². The number of nitrogens with zero attached hydrogens (tertiary/aromatic N) is 1. The smallest absolute Gasteiger partial charge is 0.225 e. The van der Waals surface area contributed by atoms with Crippen molar-refractivity contribution in [3.8, 4) is 0 Å². The Kier molecular flexibility index (Phi) is 5.04. The van der Waals surface area contributed by atoms with E-state index in [1.807, 2.05) is 0 Å². The molecule has 0 aromatic carbocycles. The maximum absolute atomic E-state index is 12.6. The summed E-state index contributed by atoms with van der Waals surface area (Å²) in [6.45, 7) is 3.71. The second kappa shape index (κ2) is 6.55. The fourth-order valence-electron chi connectivity index (χ4n) is 3.83. The van der Waals surface area contributed by atoms with Gasteiger partial charge in [0.1, 0.15) is 0 Å². The van der Waals surface area contributed by atoms with Crippen LogP contribution in [0.3, 0.4) is 0 Å². The van der Waals surface area contributed by atoms with Crippen molar-refractivity contribution in [2.24, 2.45) is 17.6 Å². The molecular formula is C15H28N2O. The Morgan fingerprint density at radius 2 is 1.72 bits per heavy atom. The van der Waals surface area contributed by atoms with Gasteiger partial charge in [-0.15, -0.1) is 0 Å². The van der Waals surface area contributed by atoms with E-state index in [2.05, 4.69) is 11.8 Å². The molecule has 0 spiro atoms. The summed E-state index contributed by atoms with van der Waals surface area (Å²) in [5.41, 5.74) is 5.90. The van der Waals surface area contributed by atoms with Gasteiger partial charge in [0.2, 0.25) is 5.91 Å². The van der Waals surface area contributed by atoms with Crippen molar-refractivity contribution in [1.82, 2.24) is 4.90 Å². The lowest BCUT2D eigenvalue weighted by Gasteiger charge is -2.40. The average molecular weight is 252 g/mol. The Labute approximate surface area is 111 Å². The highest BCUT2D eigenvalue weighted by molar-refractivity contribution is 5.79. The molecule has 2 atom stereocenters. The Hall–Kier alpha value is -0.570. The summed E-state index contributed by atoms with van der Waals surface area (Å²) in [7, 11) is 0. The Bertz CT molecular complexity index is 274. The van der Waals surface area contributed by atoms with Gasteiger partial charge in [0.05, 0.1) is 0 Å². The number of nitrogens with two attached hydrogens (primary N) is 1. The molecule has 104 valence electrons. The highest BCUT2D eigenvalue weighted by atomic mass is 16.2. The van der Waals surface area contributed by atoms with Gasteiger partial charge in [0, 0.05) is 18.5 Å².